The first-order chi connectivity index (χ1) is 12.1. The number of guanidine groups is 1. The molecule has 2 saturated heterocycles. The van der Waals surface area contributed by atoms with Crippen LogP contribution in [-0.2, 0) is 11.3 Å². The van der Waals surface area contributed by atoms with Crippen molar-refractivity contribution >= 4 is 45.9 Å². The van der Waals surface area contributed by atoms with Crippen LogP contribution >= 0.6 is 39.9 Å². The molecular weight excluding hydrogens is 507 g/mol. The van der Waals surface area contributed by atoms with Crippen LogP contribution in [0.15, 0.2) is 33.7 Å². The van der Waals surface area contributed by atoms with Crippen molar-refractivity contribution in [3.8, 4) is 0 Å². The molecule has 0 spiro atoms. The molecule has 0 bridgehead atoms. The summed E-state index contributed by atoms with van der Waals surface area (Å²) in [4.78, 5) is 6.91. The molecular formula is C19H30BrIN4O. The average molecular weight is 537 g/mol. The van der Waals surface area contributed by atoms with Crippen LogP contribution in [0.1, 0.15) is 25.3 Å². The Hall–Kier alpha value is -0.380. The Bertz CT molecular complexity index is 584. The van der Waals surface area contributed by atoms with Gasteiger partial charge >= 0.3 is 0 Å². The summed E-state index contributed by atoms with van der Waals surface area (Å²) in [5.74, 6) is 0.916. The van der Waals surface area contributed by atoms with E-state index in [4.69, 9.17) is 4.74 Å². The highest BCUT2D eigenvalue weighted by Crippen LogP contribution is 2.25. The molecule has 0 saturated carbocycles. The second-order valence-corrected chi connectivity index (χ2v) is 8.47. The van der Waals surface area contributed by atoms with Gasteiger partial charge in [-0.2, -0.15) is 0 Å². The highest BCUT2D eigenvalue weighted by molar-refractivity contribution is 14.0. The number of halogens is 2. The summed E-state index contributed by atoms with van der Waals surface area (Å²) in [5, 5.41) is 7.04. The topological polar surface area (TPSA) is 48.9 Å². The lowest BCUT2D eigenvalue weighted by atomic mass is 9.89. The maximum atomic E-state index is 5.31. The van der Waals surface area contributed by atoms with Gasteiger partial charge < -0.3 is 15.4 Å². The number of nitrogens with zero attached hydrogens (tertiary/aromatic N) is 2. The van der Waals surface area contributed by atoms with Crippen LogP contribution in [-0.4, -0.2) is 56.8 Å². The lowest BCUT2D eigenvalue weighted by Crippen LogP contribution is -2.53. The molecule has 0 unspecified atom stereocenters. The van der Waals surface area contributed by atoms with Crippen LogP contribution in [0.4, 0.5) is 0 Å². The zero-order chi connectivity index (χ0) is 17.7. The normalized spacial score (nSPS) is 20.8. The number of ether oxygens (including phenoxy) is 1. The second-order valence-electron chi connectivity index (χ2n) is 7.55. The lowest BCUT2D eigenvalue weighted by molar-refractivity contribution is -0.0971. The largest absolute Gasteiger partial charge is 0.380 e. The molecule has 0 aliphatic carbocycles. The van der Waals surface area contributed by atoms with E-state index < -0.39 is 0 Å². The van der Waals surface area contributed by atoms with E-state index >= 15 is 0 Å². The Labute approximate surface area is 182 Å². The van der Waals surface area contributed by atoms with E-state index in [-0.39, 0.29) is 29.4 Å². The smallest absolute Gasteiger partial charge is 0.191 e. The van der Waals surface area contributed by atoms with Crippen LogP contribution in [0.25, 0.3) is 0 Å². The maximum absolute atomic E-state index is 5.31. The van der Waals surface area contributed by atoms with E-state index in [1.165, 1.54) is 5.56 Å². The van der Waals surface area contributed by atoms with Crippen molar-refractivity contribution in [2.75, 3.05) is 39.9 Å². The number of aliphatic imine (C=N–C) groups is 1. The minimum Gasteiger partial charge on any atom is -0.380 e. The highest BCUT2D eigenvalue weighted by atomic mass is 127. The molecule has 2 heterocycles. The molecule has 26 heavy (non-hydrogen) atoms. The fourth-order valence-electron chi connectivity index (χ4n) is 3.32. The number of benzene rings is 1. The van der Waals surface area contributed by atoms with E-state index in [2.05, 4.69) is 67.6 Å². The molecule has 2 aliphatic rings. The van der Waals surface area contributed by atoms with Crippen molar-refractivity contribution in [2.45, 2.75) is 32.4 Å². The SMILES string of the molecule is CN=C(NCC1(C)COC1)NC1CCN(Cc2ccc(Br)cc2)CC1.I. The van der Waals surface area contributed by atoms with Gasteiger partial charge in [-0.3, -0.25) is 9.89 Å². The average Bonchev–Trinajstić information content (AvgIpc) is 2.60. The number of rotatable bonds is 5. The van der Waals surface area contributed by atoms with E-state index in [1.807, 2.05) is 7.05 Å². The van der Waals surface area contributed by atoms with Gasteiger partial charge in [0, 0.05) is 49.2 Å². The third kappa shape index (κ3) is 6.35. The van der Waals surface area contributed by atoms with Gasteiger partial charge in [-0.1, -0.05) is 35.0 Å². The van der Waals surface area contributed by atoms with Crippen LogP contribution in [0, 0.1) is 5.41 Å². The molecule has 0 aromatic heterocycles. The molecule has 1 aromatic carbocycles. The minimum atomic E-state index is 0. The Kier molecular flexibility index (Phi) is 8.63. The van der Waals surface area contributed by atoms with Gasteiger partial charge in [0.1, 0.15) is 0 Å². The quantitative estimate of drug-likeness (QED) is 0.344. The molecule has 0 amide bonds. The fourth-order valence-corrected chi connectivity index (χ4v) is 3.59. The van der Waals surface area contributed by atoms with Crippen molar-refractivity contribution < 1.29 is 4.74 Å². The molecule has 2 aliphatic heterocycles. The molecule has 7 heteroatoms. The second kappa shape index (κ2) is 10.2. The summed E-state index contributed by atoms with van der Waals surface area (Å²) >= 11 is 3.50. The maximum Gasteiger partial charge on any atom is 0.191 e. The van der Waals surface area contributed by atoms with Crippen molar-refractivity contribution in [3.63, 3.8) is 0 Å². The molecule has 3 rings (SSSR count). The number of nitrogens with one attached hydrogen (secondary N) is 2. The van der Waals surface area contributed by atoms with E-state index in [1.54, 1.807) is 0 Å². The van der Waals surface area contributed by atoms with Gasteiger partial charge in [0.25, 0.3) is 0 Å². The van der Waals surface area contributed by atoms with Gasteiger partial charge in [-0.25, -0.2) is 0 Å². The Morgan fingerprint density at radius 1 is 1.27 bits per heavy atom. The fraction of sp³-hybridized carbons (Fsp3) is 0.632. The Morgan fingerprint density at radius 2 is 1.92 bits per heavy atom. The van der Waals surface area contributed by atoms with Gasteiger partial charge in [-0.15, -0.1) is 24.0 Å². The summed E-state index contributed by atoms with van der Waals surface area (Å²) < 4.78 is 6.45. The molecule has 0 radical (unpaired) electrons. The standard InChI is InChI=1S/C19H29BrN4O.HI/c1-19(13-25-14-19)12-22-18(21-2)23-17-7-9-24(10-8-17)11-15-3-5-16(20)6-4-15;/h3-6,17H,7-14H2,1-2H3,(H2,21,22,23);1H. The van der Waals surface area contributed by atoms with Crippen molar-refractivity contribution in [2.24, 2.45) is 10.4 Å². The van der Waals surface area contributed by atoms with Gasteiger partial charge in [0.2, 0.25) is 0 Å². The molecule has 2 fully saturated rings. The lowest BCUT2D eigenvalue weighted by Gasteiger charge is -2.39. The van der Waals surface area contributed by atoms with Crippen molar-refractivity contribution in [1.29, 1.82) is 0 Å². The zero-order valence-electron chi connectivity index (χ0n) is 15.6. The molecule has 2 N–H and O–H groups in total. The van der Waals surface area contributed by atoms with Crippen LogP contribution in [0.3, 0.4) is 0 Å². The molecule has 1 aromatic rings. The van der Waals surface area contributed by atoms with Crippen molar-refractivity contribution in [1.82, 2.24) is 15.5 Å². The first-order valence-electron chi connectivity index (χ1n) is 9.08. The van der Waals surface area contributed by atoms with Gasteiger partial charge in [0.15, 0.2) is 5.96 Å². The highest BCUT2D eigenvalue weighted by Gasteiger charge is 2.33. The van der Waals surface area contributed by atoms with E-state index in [0.717, 1.165) is 62.7 Å². The van der Waals surface area contributed by atoms with Crippen molar-refractivity contribution in [3.05, 3.63) is 34.3 Å². The predicted molar refractivity (Wildman–Crippen MR) is 121 cm³/mol. The Morgan fingerprint density at radius 3 is 2.46 bits per heavy atom. The summed E-state index contributed by atoms with van der Waals surface area (Å²) in [5.41, 5.74) is 1.63. The minimum absolute atomic E-state index is 0. The summed E-state index contributed by atoms with van der Waals surface area (Å²) in [6.45, 7) is 8.11. The molecule has 5 nitrogen and oxygen atoms in total. The van der Waals surface area contributed by atoms with Gasteiger partial charge in [-0.05, 0) is 30.5 Å². The zero-order valence-corrected chi connectivity index (χ0v) is 19.5. The van der Waals surface area contributed by atoms with E-state index in [0.29, 0.717) is 6.04 Å². The number of hydrogen-bond acceptors (Lipinski definition) is 3. The summed E-state index contributed by atoms with van der Waals surface area (Å²) in [6, 6.07) is 9.13. The van der Waals surface area contributed by atoms with E-state index in [9.17, 15) is 0 Å². The van der Waals surface area contributed by atoms with Crippen LogP contribution < -0.4 is 10.6 Å². The van der Waals surface area contributed by atoms with Crippen LogP contribution in [0.5, 0.6) is 0 Å². The number of likely N-dealkylation sites (tertiary alicyclic amines) is 1. The molecule has 0 atom stereocenters. The number of piperidine rings is 1. The summed E-state index contributed by atoms with van der Waals surface area (Å²) in [7, 11) is 1.84. The summed E-state index contributed by atoms with van der Waals surface area (Å²) in [6.07, 6.45) is 2.30. The molecule has 146 valence electrons. The Balaban J connectivity index is 0.00000243. The third-order valence-corrected chi connectivity index (χ3v) is 5.58. The predicted octanol–water partition coefficient (Wildman–Crippen LogP) is 3.23. The first-order valence-corrected chi connectivity index (χ1v) is 9.87. The monoisotopic (exact) mass is 536 g/mol. The number of hydrogen-bond donors (Lipinski definition) is 2. The van der Waals surface area contributed by atoms with Gasteiger partial charge in [0.05, 0.1) is 13.2 Å². The first kappa shape index (κ1) is 21.9. The third-order valence-electron chi connectivity index (χ3n) is 5.06. The van der Waals surface area contributed by atoms with Crippen LogP contribution in [0.2, 0.25) is 0 Å².